The topological polar surface area (TPSA) is 79.7 Å². The van der Waals surface area contributed by atoms with E-state index in [4.69, 9.17) is 0 Å². The molecular formula is C19H27F2N3O3S2. The standard InChI is InChI=1S/C19H27F2N3O3S2/c1-4-8-19(2,3)17(26)24-10-6-12-29(27,13-11-24)23-15(25)14-7-5-9-22-16(14)28-18(20)21/h5,7,9,18H,4,6,8,10-13H2,1-3H3. The van der Waals surface area contributed by atoms with Crippen molar-refractivity contribution < 1.29 is 22.6 Å². The van der Waals surface area contributed by atoms with Gasteiger partial charge in [0.05, 0.1) is 15.3 Å². The Morgan fingerprint density at radius 2 is 2.07 bits per heavy atom. The summed E-state index contributed by atoms with van der Waals surface area (Å²) in [5.74, 6) is -3.25. The highest BCUT2D eigenvalue weighted by Crippen LogP contribution is 2.28. The molecule has 6 nitrogen and oxygen atoms in total. The zero-order valence-corrected chi connectivity index (χ0v) is 18.5. The van der Waals surface area contributed by atoms with Crippen molar-refractivity contribution in [2.75, 3.05) is 24.6 Å². The fourth-order valence-corrected chi connectivity index (χ4v) is 5.78. The van der Waals surface area contributed by atoms with Crippen molar-refractivity contribution in [2.45, 2.75) is 50.8 Å². The Hall–Kier alpha value is -1.55. The zero-order valence-electron chi connectivity index (χ0n) is 16.9. The van der Waals surface area contributed by atoms with Gasteiger partial charge in [0.15, 0.2) is 0 Å². The average Bonchev–Trinajstić information content (AvgIpc) is 2.82. The molecular weight excluding hydrogens is 420 g/mol. The summed E-state index contributed by atoms with van der Waals surface area (Å²) in [5, 5.41) is -0.133. The number of aromatic nitrogens is 1. The largest absolute Gasteiger partial charge is 0.341 e. The second-order valence-corrected chi connectivity index (χ2v) is 11.1. The van der Waals surface area contributed by atoms with Crippen molar-refractivity contribution >= 4 is 33.3 Å². The first kappa shape index (κ1) is 23.7. The number of halogens is 2. The predicted octanol–water partition coefficient (Wildman–Crippen LogP) is 4.06. The minimum atomic E-state index is -2.89. The molecule has 0 bridgehead atoms. The molecule has 1 aromatic rings. The van der Waals surface area contributed by atoms with Gasteiger partial charge in [0, 0.05) is 36.2 Å². The molecule has 0 aromatic carbocycles. The Morgan fingerprint density at radius 1 is 1.34 bits per heavy atom. The fourth-order valence-electron chi connectivity index (χ4n) is 3.33. The molecule has 1 unspecified atom stereocenters. The third-order valence-electron chi connectivity index (χ3n) is 4.76. The van der Waals surface area contributed by atoms with E-state index in [0.717, 1.165) is 12.8 Å². The molecule has 2 heterocycles. The lowest BCUT2D eigenvalue weighted by Crippen LogP contribution is -2.42. The summed E-state index contributed by atoms with van der Waals surface area (Å²) < 4.78 is 42.5. The first-order valence-electron chi connectivity index (χ1n) is 9.54. The molecule has 1 saturated heterocycles. The van der Waals surface area contributed by atoms with Crippen LogP contribution in [0.1, 0.15) is 50.4 Å². The number of hydrogen-bond acceptors (Lipinski definition) is 5. The number of carbonyl (C=O) groups excluding carboxylic acids is 2. The first-order valence-corrected chi connectivity index (χ1v) is 12.3. The Bertz CT molecular complexity index is 868. The van der Waals surface area contributed by atoms with E-state index >= 15 is 0 Å². The number of carbonyl (C=O) groups is 2. The number of amides is 2. The van der Waals surface area contributed by atoms with Gasteiger partial charge in [-0.1, -0.05) is 27.2 Å². The normalized spacial score (nSPS) is 20.4. The van der Waals surface area contributed by atoms with Gasteiger partial charge in [-0.25, -0.2) is 9.19 Å². The summed E-state index contributed by atoms with van der Waals surface area (Å²) in [6, 6.07) is 2.81. The van der Waals surface area contributed by atoms with Gasteiger partial charge in [-0.2, -0.15) is 13.1 Å². The molecule has 0 spiro atoms. The number of rotatable bonds is 6. The first-order chi connectivity index (χ1) is 13.6. The minimum Gasteiger partial charge on any atom is -0.341 e. The van der Waals surface area contributed by atoms with Crippen LogP contribution in [0.3, 0.4) is 0 Å². The second-order valence-electron chi connectivity index (χ2n) is 7.59. The third-order valence-corrected chi connectivity index (χ3v) is 7.74. The second kappa shape index (κ2) is 9.97. The highest BCUT2D eigenvalue weighted by Gasteiger charge is 2.33. The minimum absolute atomic E-state index is 0.0113. The van der Waals surface area contributed by atoms with E-state index in [1.165, 1.54) is 18.3 Å². The smallest absolute Gasteiger partial charge is 0.290 e. The Kier molecular flexibility index (Phi) is 8.16. The number of nitrogens with zero attached hydrogens (tertiary/aromatic N) is 3. The van der Waals surface area contributed by atoms with Gasteiger partial charge in [0.2, 0.25) is 5.91 Å². The van der Waals surface area contributed by atoms with Crippen molar-refractivity contribution in [3.8, 4) is 0 Å². The molecule has 1 aromatic heterocycles. The summed E-state index contributed by atoms with van der Waals surface area (Å²) in [7, 11) is -2.89. The third kappa shape index (κ3) is 6.47. The van der Waals surface area contributed by atoms with Crippen molar-refractivity contribution in [3.63, 3.8) is 0 Å². The maximum absolute atomic E-state index is 13.2. The van der Waals surface area contributed by atoms with E-state index in [2.05, 4.69) is 9.35 Å². The quantitative estimate of drug-likeness (QED) is 0.615. The fraction of sp³-hybridized carbons (Fsp3) is 0.632. The van der Waals surface area contributed by atoms with Crippen LogP contribution in [0.25, 0.3) is 0 Å². The van der Waals surface area contributed by atoms with Crippen LogP contribution in [-0.4, -0.2) is 56.3 Å². The van der Waals surface area contributed by atoms with Crippen molar-refractivity contribution in [3.05, 3.63) is 23.9 Å². The maximum Gasteiger partial charge on any atom is 0.290 e. The molecule has 2 rings (SSSR count). The van der Waals surface area contributed by atoms with Crippen LogP contribution in [-0.2, 0) is 14.5 Å². The van der Waals surface area contributed by atoms with E-state index in [9.17, 15) is 22.6 Å². The van der Waals surface area contributed by atoms with Gasteiger partial charge in [-0.05, 0) is 36.7 Å². The van der Waals surface area contributed by atoms with Crippen LogP contribution >= 0.6 is 11.8 Å². The van der Waals surface area contributed by atoms with Crippen LogP contribution < -0.4 is 0 Å². The molecule has 10 heteroatoms. The Labute approximate surface area is 175 Å². The van der Waals surface area contributed by atoms with Crippen LogP contribution in [0.15, 0.2) is 27.7 Å². The summed E-state index contributed by atoms with van der Waals surface area (Å²) in [6.45, 7) is 6.55. The number of alkyl halides is 2. The monoisotopic (exact) mass is 447 g/mol. The summed E-state index contributed by atoms with van der Waals surface area (Å²) in [4.78, 5) is 30.9. The van der Waals surface area contributed by atoms with Gasteiger partial charge in [0.25, 0.3) is 11.7 Å². The summed E-state index contributed by atoms with van der Waals surface area (Å²) >= 11 is 0.159. The Balaban J connectivity index is 2.19. The summed E-state index contributed by atoms with van der Waals surface area (Å²) in [6.07, 6.45) is 3.42. The van der Waals surface area contributed by atoms with Crippen LogP contribution in [0, 0.1) is 5.41 Å². The molecule has 0 radical (unpaired) electrons. The summed E-state index contributed by atoms with van der Waals surface area (Å²) in [5.41, 5.74) is -0.578. The lowest BCUT2D eigenvalue weighted by molar-refractivity contribution is -0.140. The van der Waals surface area contributed by atoms with Crippen molar-refractivity contribution in [1.82, 2.24) is 9.88 Å². The van der Waals surface area contributed by atoms with Crippen molar-refractivity contribution in [1.29, 1.82) is 0 Å². The molecule has 1 aliphatic rings. The van der Waals surface area contributed by atoms with E-state index < -0.39 is 26.8 Å². The average molecular weight is 448 g/mol. The molecule has 1 fully saturated rings. The van der Waals surface area contributed by atoms with Gasteiger partial charge in [0.1, 0.15) is 5.03 Å². The van der Waals surface area contributed by atoms with Crippen LogP contribution in [0.5, 0.6) is 0 Å². The molecule has 1 atom stereocenters. The number of pyridine rings is 1. The number of hydrogen-bond donors (Lipinski definition) is 0. The number of thioether (sulfide) groups is 1. The van der Waals surface area contributed by atoms with E-state index in [-0.39, 0.29) is 46.3 Å². The highest BCUT2D eigenvalue weighted by molar-refractivity contribution is 7.99. The van der Waals surface area contributed by atoms with Gasteiger partial charge < -0.3 is 4.90 Å². The lowest BCUT2D eigenvalue weighted by atomic mass is 9.86. The van der Waals surface area contributed by atoms with Crippen LogP contribution in [0.4, 0.5) is 8.78 Å². The van der Waals surface area contributed by atoms with E-state index in [1.807, 2.05) is 20.8 Å². The molecule has 0 saturated carbocycles. The molecule has 2 amide bonds. The molecule has 0 aliphatic carbocycles. The maximum atomic E-state index is 13.2. The van der Waals surface area contributed by atoms with Gasteiger partial charge >= 0.3 is 0 Å². The van der Waals surface area contributed by atoms with Crippen molar-refractivity contribution in [2.24, 2.45) is 9.78 Å². The molecule has 1 aliphatic heterocycles. The highest BCUT2D eigenvalue weighted by atomic mass is 32.2. The Morgan fingerprint density at radius 3 is 2.72 bits per heavy atom. The predicted molar refractivity (Wildman–Crippen MR) is 111 cm³/mol. The SMILES string of the molecule is CCCC(C)(C)C(=O)N1CCCS(=O)(=NC(=O)c2cccnc2SC(F)F)CC1. The van der Waals surface area contributed by atoms with Crippen LogP contribution in [0.2, 0.25) is 0 Å². The zero-order chi connectivity index (χ0) is 21.7. The molecule has 0 N–H and O–H groups in total. The molecule has 29 heavy (non-hydrogen) atoms. The van der Waals surface area contributed by atoms with E-state index in [0.29, 0.717) is 13.0 Å². The lowest BCUT2D eigenvalue weighted by Gasteiger charge is -2.30. The van der Waals surface area contributed by atoms with E-state index in [1.54, 1.807) is 4.90 Å². The molecule has 162 valence electrons. The van der Waals surface area contributed by atoms with Gasteiger partial charge in [-0.15, -0.1) is 0 Å². The van der Waals surface area contributed by atoms with Gasteiger partial charge in [-0.3, -0.25) is 9.59 Å².